The molecule has 1 atom stereocenters. The third-order valence-corrected chi connectivity index (χ3v) is 4.29. The number of hydrogen-bond donors (Lipinski definition) is 1. The maximum Gasteiger partial charge on any atom is 0.0316 e. The van der Waals surface area contributed by atoms with E-state index in [2.05, 4.69) is 35.8 Å². The molecule has 3 heteroatoms. The molecule has 3 nitrogen and oxygen atoms in total. The minimum atomic E-state index is 0.732. The van der Waals surface area contributed by atoms with Crippen molar-refractivity contribution in [2.75, 3.05) is 38.5 Å². The fourth-order valence-electron chi connectivity index (χ4n) is 2.72. The van der Waals surface area contributed by atoms with E-state index < -0.39 is 0 Å². The van der Waals surface area contributed by atoms with Crippen LogP contribution < -0.4 is 5.73 Å². The van der Waals surface area contributed by atoms with Crippen LogP contribution in [0.1, 0.15) is 25.8 Å². The summed E-state index contributed by atoms with van der Waals surface area (Å²) in [6.45, 7) is 10.6. The molecule has 0 aliphatic carbocycles. The molecule has 0 bridgehead atoms. The van der Waals surface area contributed by atoms with Gasteiger partial charge in [-0.1, -0.05) is 19.1 Å². The minimum absolute atomic E-state index is 0.732. The molecule has 1 aromatic rings. The van der Waals surface area contributed by atoms with Gasteiger partial charge < -0.3 is 10.6 Å². The zero-order valence-electron chi connectivity index (χ0n) is 12.3. The summed E-state index contributed by atoms with van der Waals surface area (Å²) >= 11 is 0. The number of nitrogens with zero attached hydrogens (tertiary/aromatic N) is 2. The molecule has 2 rings (SSSR count). The highest BCUT2D eigenvalue weighted by molar-refractivity contribution is 5.40. The number of rotatable bonds is 5. The van der Waals surface area contributed by atoms with Gasteiger partial charge in [-0.05, 0) is 37.5 Å². The molecule has 1 aliphatic heterocycles. The molecule has 2 N–H and O–H groups in total. The SMILES string of the molecule is CCC(C)N1CCN(CCc2cccc(N)c2)CC1. The van der Waals surface area contributed by atoms with Crippen molar-refractivity contribution in [1.82, 2.24) is 9.80 Å². The summed E-state index contributed by atoms with van der Waals surface area (Å²) in [5.41, 5.74) is 8.04. The molecule has 1 fully saturated rings. The van der Waals surface area contributed by atoms with Gasteiger partial charge in [-0.2, -0.15) is 0 Å². The first kappa shape index (κ1) is 14.4. The van der Waals surface area contributed by atoms with E-state index in [4.69, 9.17) is 5.73 Å². The monoisotopic (exact) mass is 261 g/mol. The summed E-state index contributed by atoms with van der Waals surface area (Å²) in [6.07, 6.45) is 2.36. The number of anilines is 1. The van der Waals surface area contributed by atoms with Gasteiger partial charge in [0.15, 0.2) is 0 Å². The van der Waals surface area contributed by atoms with E-state index in [0.29, 0.717) is 0 Å². The van der Waals surface area contributed by atoms with Crippen molar-refractivity contribution in [2.45, 2.75) is 32.7 Å². The molecule has 0 spiro atoms. The van der Waals surface area contributed by atoms with Crippen LogP contribution in [0.2, 0.25) is 0 Å². The zero-order valence-corrected chi connectivity index (χ0v) is 12.3. The predicted molar refractivity (Wildman–Crippen MR) is 82.3 cm³/mol. The summed E-state index contributed by atoms with van der Waals surface area (Å²) in [6, 6.07) is 9.00. The molecule has 106 valence electrons. The second kappa shape index (κ2) is 6.92. The molecule has 1 aromatic carbocycles. The number of piperazine rings is 1. The lowest BCUT2D eigenvalue weighted by Gasteiger charge is -2.37. The highest BCUT2D eigenvalue weighted by Gasteiger charge is 2.19. The van der Waals surface area contributed by atoms with E-state index in [1.165, 1.54) is 38.2 Å². The summed E-state index contributed by atoms with van der Waals surface area (Å²) in [4.78, 5) is 5.18. The van der Waals surface area contributed by atoms with Gasteiger partial charge in [0.2, 0.25) is 0 Å². The van der Waals surface area contributed by atoms with Crippen LogP contribution in [0.15, 0.2) is 24.3 Å². The summed E-state index contributed by atoms with van der Waals surface area (Å²) in [7, 11) is 0. The number of nitrogen functional groups attached to an aromatic ring is 1. The standard InChI is InChI=1S/C16H27N3/c1-3-14(2)19-11-9-18(10-12-19)8-7-15-5-4-6-16(17)13-15/h4-6,13-14H,3,7-12,17H2,1-2H3. The van der Waals surface area contributed by atoms with Gasteiger partial charge in [0.1, 0.15) is 0 Å². The fraction of sp³-hybridized carbons (Fsp3) is 0.625. The van der Waals surface area contributed by atoms with Crippen LogP contribution in [-0.4, -0.2) is 48.6 Å². The smallest absolute Gasteiger partial charge is 0.0316 e. The maximum atomic E-state index is 5.81. The van der Waals surface area contributed by atoms with Crippen molar-refractivity contribution in [2.24, 2.45) is 0 Å². The second-order valence-corrected chi connectivity index (χ2v) is 5.63. The lowest BCUT2D eigenvalue weighted by Crippen LogP contribution is -2.49. The van der Waals surface area contributed by atoms with Crippen LogP contribution in [0.3, 0.4) is 0 Å². The van der Waals surface area contributed by atoms with Crippen LogP contribution in [0.4, 0.5) is 5.69 Å². The Labute approximate surface area is 117 Å². The van der Waals surface area contributed by atoms with Gasteiger partial charge in [-0.15, -0.1) is 0 Å². The van der Waals surface area contributed by atoms with Gasteiger partial charge >= 0.3 is 0 Å². The fourth-order valence-corrected chi connectivity index (χ4v) is 2.72. The van der Waals surface area contributed by atoms with Crippen LogP contribution in [0.5, 0.6) is 0 Å². The maximum absolute atomic E-state index is 5.81. The Bertz CT molecular complexity index is 383. The Morgan fingerprint density at radius 1 is 1.21 bits per heavy atom. The molecular weight excluding hydrogens is 234 g/mol. The van der Waals surface area contributed by atoms with Gasteiger partial charge in [0, 0.05) is 44.5 Å². The van der Waals surface area contributed by atoms with E-state index in [0.717, 1.165) is 24.7 Å². The van der Waals surface area contributed by atoms with Crippen molar-refractivity contribution in [3.63, 3.8) is 0 Å². The van der Waals surface area contributed by atoms with Crippen molar-refractivity contribution in [3.05, 3.63) is 29.8 Å². The van der Waals surface area contributed by atoms with Gasteiger partial charge in [-0.25, -0.2) is 0 Å². The Hall–Kier alpha value is -1.06. The van der Waals surface area contributed by atoms with Crippen molar-refractivity contribution in [3.8, 4) is 0 Å². The molecular formula is C16H27N3. The van der Waals surface area contributed by atoms with E-state index in [1.54, 1.807) is 0 Å². The highest BCUT2D eigenvalue weighted by Crippen LogP contribution is 2.11. The predicted octanol–water partition coefficient (Wildman–Crippen LogP) is 2.23. The molecule has 0 amide bonds. The Kier molecular flexibility index (Phi) is 5.23. The number of benzene rings is 1. The quantitative estimate of drug-likeness (QED) is 0.825. The van der Waals surface area contributed by atoms with Crippen LogP contribution >= 0.6 is 0 Å². The number of nitrogens with two attached hydrogens (primary N) is 1. The van der Waals surface area contributed by atoms with Crippen LogP contribution in [0.25, 0.3) is 0 Å². The summed E-state index contributed by atoms with van der Waals surface area (Å²) < 4.78 is 0. The second-order valence-electron chi connectivity index (χ2n) is 5.63. The first-order valence-electron chi connectivity index (χ1n) is 7.50. The van der Waals surface area contributed by atoms with E-state index >= 15 is 0 Å². The Morgan fingerprint density at radius 2 is 1.95 bits per heavy atom. The minimum Gasteiger partial charge on any atom is -0.399 e. The van der Waals surface area contributed by atoms with E-state index in [-0.39, 0.29) is 0 Å². The van der Waals surface area contributed by atoms with E-state index in [9.17, 15) is 0 Å². The Morgan fingerprint density at radius 3 is 2.58 bits per heavy atom. The van der Waals surface area contributed by atoms with Crippen molar-refractivity contribution < 1.29 is 0 Å². The molecule has 1 unspecified atom stereocenters. The van der Waals surface area contributed by atoms with Crippen LogP contribution in [0, 0.1) is 0 Å². The third-order valence-electron chi connectivity index (χ3n) is 4.29. The van der Waals surface area contributed by atoms with Gasteiger partial charge in [0.25, 0.3) is 0 Å². The average molecular weight is 261 g/mol. The lowest BCUT2D eigenvalue weighted by molar-refractivity contribution is 0.101. The van der Waals surface area contributed by atoms with E-state index in [1.807, 2.05) is 12.1 Å². The molecule has 0 saturated carbocycles. The molecule has 1 heterocycles. The normalized spacial score (nSPS) is 19.5. The summed E-state index contributed by atoms with van der Waals surface area (Å²) in [5, 5.41) is 0. The average Bonchev–Trinajstić information content (AvgIpc) is 2.45. The lowest BCUT2D eigenvalue weighted by atomic mass is 10.1. The molecule has 1 saturated heterocycles. The molecule has 0 aromatic heterocycles. The molecule has 1 aliphatic rings. The van der Waals surface area contributed by atoms with Gasteiger partial charge in [-0.3, -0.25) is 4.90 Å². The third kappa shape index (κ3) is 4.22. The van der Waals surface area contributed by atoms with Crippen LogP contribution in [-0.2, 0) is 6.42 Å². The van der Waals surface area contributed by atoms with Crippen molar-refractivity contribution >= 4 is 5.69 Å². The summed E-state index contributed by atoms with van der Waals surface area (Å²) in [5.74, 6) is 0. The Balaban J connectivity index is 1.74. The molecule has 19 heavy (non-hydrogen) atoms. The first-order chi connectivity index (χ1) is 9.19. The number of hydrogen-bond acceptors (Lipinski definition) is 3. The van der Waals surface area contributed by atoms with Crippen molar-refractivity contribution in [1.29, 1.82) is 0 Å². The topological polar surface area (TPSA) is 32.5 Å². The largest absolute Gasteiger partial charge is 0.399 e. The molecule has 0 radical (unpaired) electrons. The first-order valence-corrected chi connectivity index (χ1v) is 7.50. The van der Waals surface area contributed by atoms with Gasteiger partial charge in [0.05, 0.1) is 0 Å². The zero-order chi connectivity index (χ0) is 13.7. The highest BCUT2D eigenvalue weighted by atomic mass is 15.3.